The highest BCUT2D eigenvalue weighted by Crippen LogP contribution is 2.39. The van der Waals surface area contributed by atoms with Gasteiger partial charge >= 0.3 is 0 Å². The highest BCUT2D eigenvalue weighted by atomic mass is 15.2. The molecule has 1 aliphatic rings. The smallest absolute Gasteiger partial charge is 0.160 e. The molecule has 4 nitrogen and oxygen atoms in total. The van der Waals surface area contributed by atoms with Crippen molar-refractivity contribution in [1.82, 2.24) is 9.88 Å². The number of hydrogen-bond acceptors (Lipinski definition) is 3. The van der Waals surface area contributed by atoms with Crippen molar-refractivity contribution in [2.24, 2.45) is 9.98 Å². The van der Waals surface area contributed by atoms with E-state index in [-0.39, 0.29) is 6.17 Å². The zero-order valence-corrected chi connectivity index (χ0v) is 27.7. The van der Waals surface area contributed by atoms with Crippen LogP contribution in [0.2, 0.25) is 0 Å². The molecule has 0 spiro atoms. The van der Waals surface area contributed by atoms with Crippen LogP contribution in [-0.2, 0) is 0 Å². The van der Waals surface area contributed by atoms with Crippen LogP contribution < -0.4 is 5.32 Å². The van der Waals surface area contributed by atoms with E-state index in [0.717, 1.165) is 39.0 Å². The van der Waals surface area contributed by atoms with Gasteiger partial charge in [-0.05, 0) is 57.1 Å². The number of benzene rings is 8. The van der Waals surface area contributed by atoms with Crippen LogP contribution >= 0.6 is 0 Å². The van der Waals surface area contributed by atoms with Gasteiger partial charge in [0.15, 0.2) is 5.84 Å². The molecule has 0 radical (unpaired) electrons. The van der Waals surface area contributed by atoms with Crippen molar-refractivity contribution in [2.75, 3.05) is 0 Å². The van der Waals surface area contributed by atoms with Crippen molar-refractivity contribution in [3.05, 3.63) is 199 Å². The van der Waals surface area contributed by atoms with Crippen molar-refractivity contribution in [3.8, 4) is 16.8 Å². The van der Waals surface area contributed by atoms with Crippen LogP contribution in [0.15, 0.2) is 192 Å². The van der Waals surface area contributed by atoms with E-state index in [0.29, 0.717) is 5.84 Å². The number of nitrogens with one attached hydrogen (secondary N) is 1. The standard InChI is InChI=1S/C47H32N4/c1-4-14-31(15-5-1)36-26-27-39-41-28-34-20-10-11-21-35(34)29-44(41)51(43(39)30-36)42-25-13-22-37-38(42)23-12-24-40(37)47-49-45(32-16-6-2-7-17-32)48-46(50-47)33-18-8-3-9-19-33/h1-30,45H,(H,48,49,50). The van der Waals surface area contributed by atoms with Crippen LogP contribution in [0.25, 0.3) is 60.2 Å². The van der Waals surface area contributed by atoms with Gasteiger partial charge in [-0.3, -0.25) is 0 Å². The maximum Gasteiger partial charge on any atom is 0.160 e. The zero-order chi connectivity index (χ0) is 33.7. The Morgan fingerprint density at radius 1 is 0.451 bits per heavy atom. The van der Waals surface area contributed by atoms with Crippen LogP contribution in [0.4, 0.5) is 0 Å². The van der Waals surface area contributed by atoms with Crippen molar-refractivity contribution in [1.29, 1.82) is 0 Å². The summed E-state index contributed by atoms with van der Waals surface area (Å²) < 4.78 is 2.45. The predicted octanol–water partition coefficient (Wildman–Crippen LogP) is 11.3. The second-order valence-corrected chi connectivity index (χ2v) is 13.1. The molecule has 4 heteroatoms. The second-order valence-electron chi connectivity index (χ2n) is 13.1. The third-order valence-corrected chi connectivity index (χ3v) is 10.0. The Morgan fingerprint density at radius 3 is 1.88 bits per heavy atom. The second kappa shape index (κ2) is 12.0. The van der Waals surface area contributed by atoms with Crippen LogP contribution in [0, 0.1) is 0 Å². The Labute approximate surface area is 295 Å². The minimum Gasteiger partial charge on any atom is -0.344 e. The summed E-state index contributed by atoms with van der Waals surface area (Å²) in [5.41, 5.74) is 8.98. The lowest BCUT2D eigenvalue weighted by Gasteiger charge is -2.24. The highest BCUT2D eigenvalue weighted by Gasteiger charge is 2.23. The molecule has 0 fully saturated rings. The first kappa shape index (κ1) is 29.2. The molecule has 2 heterocycles. The third kappa shape index (κ3) is 5.00. The molecule has 1 aromatic heterocycles. The number of hydrogen-bond donors (Lipinski definition) is 1. The monoisotopic (exact) mass is 652 g/mol. The quantitative estimate of drug-likeness (QED) is 0.197. The Bertz CT molecular complexity index is 2810. The first-order chi connectivity index (χ1) is 25.3. The molecule has 0 saturated carbocycles. The van der Waals surface area contributed by atoms with E-state index < -0.39 is 0 Å². The van der Waals surface area contributed by atoms with Gasteiger partial charge in [0, 0.05) is 27.3 Å². The minimum atomic E-state index is -0.269. The molecule has 10 rings (SSSR count). The molecule has 51 heavy (non-hydrogen) atoms. The van der Waals surface area contributed by atoms with Gasteiger partial charge in [-0.1, -0.05) is 158 Å². The average molecular weight is 653 g/mol. The van der Waals surface area contributed by atoms with Crippen LogP contribution in [0.5, 0.6) is 0 Å². The first-order valence-corrected chi connectivity index (χ1v) is 17.4. The van der Waals surface area contributed by atoms with Crippen molar-refractivity contribution in [3.63, 3.8) is 0 Å². The SMILES string of the molecule is c1ccc(C2=NC(c3cccc4c(-n5c6cc(-c7ccccc7)ccc6c6cc7ccccc7cc65)cccc34)=NC(c3ccccc3)N2)cc1. The van der Waals surface area contributed by atoms with Crippen molar-refractivity contribution < 1.29 is 0 Å². The lowest BCUT2D eigenvalue weighted by molar-refractivity contribution is 0.674. The Morgan fingerprint density at radius 2 is 1.10 bits per heavy atom. The lowest BCUT2D eigenvalue weighted by atomic mass is 10.0. The summed E-state index contributed by atoms with van der Waals surface area (Å²) >= 11 is 0. The predicted molar refractivity (Wildman–Crippen MR) is 213 cm³/mol. The van der Waals surface area contributed by atoms with E-state index >= 15 is 0 Å². The molecule has 240 valence electrons. The Kier molecular flexibility index (Phi) is 6.85. The zero-order valence-electron chi connectivity index (χ0n) is 27.7. The minimum absolute atomic E-state index is 0.269. The Balaban J connectivity index is 1.22. The summed E-state index contributed by atoms with van der Waals surface area (Å²) in [6.07, 6.45) is -0.269. The molecule has 0 aliphatic carbocycles. The molecular formula is C47H32N4. The molecule has 1 atom stereocenters. The van der Waals surface area contributed by atoms with Crippen LogP contribution in [-0.4, -0.2) is 16.2 Å². The van der Waals surface area contributed by atoms with Gasteiger partial charge in [-0.2, -0.15) is 0 Å². The molecule has 1 N–H and O–H groups in total. The fourth-order valence-electron chi connectivity index (χ4n) is 7.57. The maximum atomic E-state index is 5.23. The number of nitrogens with zero attached hydrogens (tertiary/aromatic N) is 3. The van der Waals surface area contributed by atoms with Gasteiger partial charge in [0.05, 0.1) is 16.7 Å². The summed E-state index contributed by atoms with van der Waals surface area (Å²) in [4.78, 5) is 10.4. The highest BCUT2D eigenvalue weighted by molar-refractivity contribution is 6.19. The fraction of sp³-hybridized carbons (Fsp3) is 0.0213. The molecule has 0 amide bonds. The van der Waals surface area contributed by atoms with Gasteiger partial charge < -0.3 is 9.88 Å². The topological polar surface area (TPSA) is 41.7 Å². The van der Waals surface area contributed by atoms with Crippen LogP contribution in [0.3, 0.4) is 0 Å². The molecule has 0 bridgehead atoms. The van der Waals surface area contributed by atoms with Gasteiger partial charge in [-0.25, -0.2) is 9.98 Å². The summed E-state index contributed by atoms with van der Waals surface area (Å²) in [7, 11) is 0. The largest absolute Gasteiger partial charge is 0.344 e. The average Bonchev–Trinajstić information content (AvgIpc) is 3.52. The van der Waals surface area contributed by atoms with E-state index in [1.807, 2.05) is 24.3 Å². The molecular weight excluding hydrogens is 621 g/mol. The van der Waals surface area contributed by atoms with Gasteiger partial charge in [0.1, 0.15) is 12.0 Å². The summed E-state index contributed by atoms with van der Waals surface area (Å²) in [6.45, 7) is 0. The molecule has 8 aromatic carbocycles. The number of rotatable bonds is 5. The lowest BCUT2D eigenvalue weighted by Crippen LogP contribution is -2.33. The number of aliphatic imine (C=N–C) groups is 2. The summed E-state index contributed by atoms with van der Waals surface area (Å²) in [5.74, 6) is 1.52. The van der Waals surface area contributed by atoms with Gasteiger partial charge in [0.25, 0.3) is 0 Å². The Hall–Kier alpha value is -6.78. The first-order valence-electron chi connectivity index (χ1n) is 17.4. The fourth-order valence-corrected chi connectivity index (χ4v) is 7.57. The number of amidine groups is 2. The molecule has 1 aliphatic heterocycles. The normalized spacial score (nSPS) is 14.5. The van der Waals surface area contributed by atoms with Crippen molar-refractivity contribution >= 4 is 55.0 Å². The number of fused-ring (bicyclic) bond motifs is 5. The van der Waals surface area contributed by atoms with Gasteiger partial charge in [-0.15, -0.1) is 0 Å². The third-order valence-electron chi connectivity index (χ3n) is 10.0. The molecule has 0 saturated heterocycles. The van der Waals surface area contributed by atoms with E-state index in [1.54, 1.807) is 0 Å². The maximum absolute atomic E-state index is 5.23. The van der Waals surface area contributed by atoms with Gasteiger partial charge in [0.2, 0.25) is 0 Å². The summed E-state index contributed by atoms with van der Waals surface area (Å²) in [6, 6.07) is 64.6. The van der Waals surface area contributed by atoms with Crippen molar-refractivity contribution in [2.45, 2.75) is 6.17 Å². The molecule has 9 aromatic rings. The van der Waals surface area contributed by atoms with Crippen LogP contribution in [0.1, 0.15) is 22.9 Å². The van der Waals surface area contributed by atoms with E-state index in [4.69, 9.17) is 9.98 Å². The summed E-state index contributed by atoms with van der Waals surface area (Å²) in [5, 5.41) is 10.8. The number of aromatic nitrogens is 1. The molecule has 1 unspecified atom stereocenters. The van der Waals surface area contributed by atoms with E-state index in [2.05, 4.69) is 168 Å². The van der Waals surface area contributed by atoms with E-state index in [9.17, 15) is 0 Å². The van der Waals surface area contributed by atoms with E-state index in [1.165, 1.54) is 43.7 Å².